The van der Waals surface area contributed by atoms with E-state index >= 15 is 0 Å². The first-order valence-electron chi connectivity index (χ1n) is 10.2. The number of rotatable bonds is 3. The third-order valence-corrected chi connectivity index (χ3v) is 5.40. The minimum atomic E-state index is 0.122. The van der Waals surface area contributed by atoms with Crippen molar-refractivity contribution < 1.29 is 0 Å². The lowest BCUT2D eigenvalue weighted by atomic mass is 9.87. The monoisotopic (exact) mass is 392 g/mol. The first-order chi connectivity index (χ1) is 14.5. The van der Waals surface area contributed by atoms with E-state index in [4.69, 9.17) is 10.1 Å². The van der Waals surface area contributed by atoms with E-state index < -0.39 is 0 Å². The Bertz CT molecular complexity index is 1270. The summed E-state index contributed by atoms with van der Waals surface area (Å²) in [6.45, 7) is 6.68. The average molecular weight is 393 g/mol. The maximum atomic E-state index is 4.95. The van der Waals surface area contributed by atoms with E-state index in [-0.39, 0.29) is 5.41 Å². The van der Waals surface area contributed by atoms with Crippen molar-refractivity contribution in [2.45, 2.75) is 26.2 Å². The summed E-state index contributed by atoms with van der Waals surface area (Å²) in [5.41, 5.74) is 7.39. The van der Waals surface area contributed by atoms with Crippen molar-refractivity contribution in [3.63, 3.8) is 0 Å². The molecule has 30 heavy (non-hydrogen) atoms. The predicted octanol–water partition coefficient (Wildman–Crippen LogP) is 6.38. The molecule has 0 fully saturated rings. The van der Waals surface area contributed by atoms with E-state index in [1.165, 1.54) is 5.56 Å². The molecule has 0 spiro atoms. The van der Waals surface area contributed by atoms with Crippen molar-refractivity contribution in [2.24, 2.45) is 0 Å². The van der Waals surface area contributed by atoms with Gasteiger partial charge in [0.25, 0.3) is 0 Å². The number of benzene rings is 3. The highest BCUT2D eigenvalue weighted by Gasteiger charge is 2.18. The van der Waals surface area contributed by atoms with Gasteiger partial charge < -0.3 is 4.98 Å². The largest absolute Gasteiger partial charge is 0.338 e. The Morgan fingerprint density at radius 1 is 0.800 bits per heavy atom. The maximum Gasteiger partial charge on any atom is 0.142 e. The van der Waals surface area contributed by atoms with Crippen LogP contribution in [0.4, 0.5) is 0 Å². The number of aromatic amines is 1. The van der Waals surface area contributed by atoms with E-state index in [9.17, 15) is 0 Å². The molecule has 3 aromatic carbocycles. The molecule has 0 bridgehead atoms. The van der Waals surface area contributed by atoms with Crippen LogP contribution in [0.1, 0.15) is 26.3 Å². The Labute approximate surface area is 176 Å². The Balaban J connectivity index is 1.65. The smallest absolute Gasteiger partial charge is 0.142 e. The molecular weight excluding hydrogens is 368 g/mol. The topological polar surface area (TPSA) is 46.5 Å². The molecule has 2 aromatic heterocycles. The second-order valence-electron chi connectivity index (χ2n) is 8.60. The molecule has 0 atom stereocenters. The first kappa shape index (κ1) is 18.4. The van der Waals surface area contributed by atoms with Crippen LogP contribution in [0.2, 0.25) is 0 Å². The highest BCUT2D eigenvalue weighted by molar-refractivity contribution is 5.84. The molecule has 5 rings (SSSR count). The molecule has 0 aliphatic rings. The van der Waals surface area contributed by atoms with Gasteiger partial charge in [-0.25, -0.2) is 9.67 Å². The van der Waals surface area contributed by atoms with Gasteiger partial charge in [-0.2, -0.15) is 5.10 Å². The summed E-state index contributed by atoms with van der Waals surface area (Å²) >= 11 is 0. The van der Waals surface area contributed by atoms with E-state index in [0.717, 1.165) is 39.4 Å². The molecular formula is C26H24N4. The van der Waals surface area contributed by atoms with Gasteiger partial charge in [0.1, 0.15) is 11.5 Å². The zero-order valence-electron chi connectivity index (χ0n) is 17.4. The lowest BCUT2D eigenvalue weighted by Crippen LogP contribution is -2.10. The van der Waals surface area contributed by atoms with E-state index in [0.29, 0.717) is 0 Å². The SMILES string of the molecule is CC(C)(C)c1ccc(-n2cc(-c3nc4ccccc4[nH]3)c(-c3ccccc3)n2)cc1. The average Bonchev–Trinajstić information content (AvgIpc) is 3.38. The molecule has 1 N–H and O–H groups in total. The van der Waals surface area contributed by atoms with Gasteiger partial charge in [-0.05, 0) is 35.2 Å². The van der Waals surface area contributed by atoms with Crippen molar-refractivity contribution in [3.8, 4) is 28.3 Å². The standard InChI is InChI=1S/C26H24N4/c1-26(2,3)19-13-15-20(16-14-19)30-17-21(24(29-30)18-9-5-4-6-10-18)25-27-22-11-7-8-12-23(22)28-25/h4-17H,1-3H3,(H,27,28). The highest BCUT2D eigenvalue weighted by Crippen LogP contribution is 2.32. The van der Waals surface area contributed by atoms with Gasteiger partial charge in [-0.15, -0.1) is 0 Å². The Hall–Kier alpha value is -3.66. The summed E-state index contributed by atoms with van der Waals surface area (Å²) in [5.74, 6) is 0.826. The molecule has 0 radical (unpaired) electrons. The van der Waals surface area contributed by atoms with E-state index in [1.54, 1.807) is 0 Å². The summed E-state index contributed by atoms with van der Waals surface area (Å²) in [7, 11) is 0. The highest BCUT2D eigenvalue weighted by atomic mass is 15.3. The van der Waals surface area contributed by atoms with Crippen LogP contribution >= 0.6 is 0 Å². The zero-order chi connectivity index (χ0) is 20.7. The number of para-hydroxylation sites is 2. The normalized spacial score (nSPS) is 11.8. The van der Waals surface area contributed by atoms with Gasteiger partial charge in [0.15, 0.2) is 0 Å². The van der Waals surface area contributed by atoms with Crippen molar-refractivity contribution in [2.75, 3.05) is 0 Å². The minimum Gasteiger partial charge on any atom is -0.338 e. The number of imidazole rings is 1. The van der Waals surface area contributed by atoms with Crippen molar-refractivity contribution in [3.05, 3.63) is 90.6 Å². The summed E-state index contributed by atoms with van der Waals surface area (Å²) in [5, 5.41) is 4.95. The number of hydrogen-bond acceptors (Lipinski definition) is 2. The number of hydrogen-bond donors (Lipinski definition) is 1. The van der Waals surface area contributed by atoms with Crippen LogP contribution in [-0.2, 0) is 5.41 Å². The molecule has 4 heteroatoms. The van der Waals surface area contributed by atoms with Gasteiger partial charge in [0.05, 0.1) is 22.3 Å². The molecule has 0 saturated carbocycles. The van der Waals surface area contributed by atoms with Gasteiger partial charge in [0.2, 0.25) is 0 Å². The fraction of sp³-hybridized carbons (Fsp3) is 0.154. The fourth-order valence-corrected chi connectivity index (χ4v) is 3.68. The molecule has 0 aliphatic carbocycles. The van der Waals surface area contributed by atoms with Crippen LogP contribution in [0.5, 0.6) is 0 Å². The lowest BCUT2D eigenvalue weighted by molar-refractivity contribution is 0.590. The van der Waals surface area contributed by atoms with Gasteiger partial charge in [0, 0.05) is 11.8 Å². The molecule has 2 heterocycles. The van der Waals surface area contributed by atoms with Gasteiger partial charge in [-0.3, -0.25) is 0 Å². The predicted molar refractivity (Wildman–Crippen MR) is 123 cm³/mol. The first-order valence-corrected chi connectivity index (χ1v) is 10.2. The van der Waals surface area contributed by atoms with Crippen LogP contribution in [0.15, 0.2) is 85.1 Å². The lowest BCUT2D eigenvalue weighted by Gasteiger charge is -2.19. The van der Waals surface area contributed by atoms with Crippen LogP contribution in [0, 0.1) is 0 Å². The number of H-pyrrole nitrogens is 1. The zero-order valence-corrected chi connectivity index (χ0v) is 17.4. The van der Waals surface area contributed by atoms with Crippen LogP contribution in [0.25, 0.3) is 39.4 Å². The fourth-order valence-electron chi connectivity index (χ4n) is 3.68. The van der Waals surface area contributed by atoms with Crippen molar-refractivity contribution >= 4 is 11.0 Å². The summed E-state index contributed by atoms with van der Waals surface area (Å²) in [4.78, 5) is 8.27. The van der Waals surface area contributed by atoms with Crippen molar-refractivity contribution in [1.29, 1.82) is 0 Å². The van der Waals surface area contributed by atoms with Gasteiger partial charge >= 0.3 is 0 Å². The molecule has 148 valence electrons. The molecule has 5 aromatic rings. The summed E-state index contributed by atoms with van der Waals surface area (Å²) in [6, 6.07) is 27.0. The number of aromatic nitrogens is 4. The number of nitrogens with one attached hydrogen (secondary N) is 1. The molecule has 0 aliphatic heterocycles. The Morgan fingerprint density at radius 2 is 1.50 bits per heavy atom. The third-order valence-electron chi connectivity index (χ3n) is 5.40. The minimum absolute atomic E-state index is 0.122. The Kier molecular flexibility index (Phi) is 4.28. The van der Waals surface area contributed by atoms with Gasteiger partial charge in [-0.1, -0.05) is 75.4 Å². The van der Waals surface area contributed by atoms with Crippen LogP contribution in [0.3, 0.4) is 0 Å². The maximum absolute atomic E-state index is 4.95. The Morgan fingerprint density at radius 3 is 2.20 bits per heavy atom. The van der Waals surface area contributed by atoms with E-state index in [2.05, 4.69) is 68.4 Å². The number of nitrogens with zero attached hydrogens (tertiary/aromatic N) is 3. The number of fused-ring (bicyclic) bond motifs is 1. The quantitative estimate of drug-likeness (QED) is 0.387. The van der Waals surface area contributed by atoms with Crippen LogP contribution in [-0.4, -0.2) is 19.7 Å². The molecule has 0 unspecified atom stereocenters. The van der Waals surface area contributed by atoms with Crippen LogP contribution < -0.4 is 0 Å². The van der Waals surface area contributed by atoms with E-state index in [1.807, 2.05) is 47.1 Å². The summed E-state index contributed by atoms with van der Waals surface area (Å²) < 4.78 is 1.94. The second kappa shape index (κ2) is 6.99. The molecule has 0 amide bonds. The molecule has 4 nitrogen and oxygen atoms in total. The second-order valence-corrected chi connectivity index (χ2v) is 8.60. The molecule has 0 saturated heterocycles. The van der Waals surface area contributed by atoms with Crippen molar-refractivity contribution in [1.82, 2.24) is 19.7 Å². The summed E-state index contributed by atoms with van der Waals surface area (Å²) in [6.07, 6.45) is 2.06. The third kappa shape index (κ3) is 3.30.